The van der Waals surface area contributed by atoms with E-state index < -0.39 is 0 Å². The van der Waals surface area contributed by atoms with Gasteiger partial charge in [0.25, 0.3) is 0 Å². The first kappa shape index (κ1) is 13.4. The lowest BCUT2D eigenvalue weighted by molar-refractivity contribution is 0.652. The maximum absolute atomic E-state index is 5.99. The fourth-order valence-corrected chi connectivity index (χ4v) is 1.96. The number of rotatable bonds is 4. The quantitative estimate of drug-likeness (QED) is 0.900. The molecule has 1 aromatic heterocycles. The highest BCUT2D eigenvalue weighted by Crippen LogP contribution is 2.27. The van der Waals surface area contributed by atoms with Gasteiger partial charge in [-0.25, -0.2) is 4.98 Å². The van der Waals surface area contributed by atoms with Gasteiger partial charge in [0, 0.05) is 18.0 Å². The molecule has 0 aliphatic rings. The molecule has 0 radical (unpaired) electrons. The number of hydrogen-bond donors (Lipinski definition) is 2. The average Bonchev–Trinajstić information content (AvgIpc) is 2.79. The van der Waals surface area contributed by atoms with E-state index in [9.17, 15) is 0 Å². The zero-order chi connectivity index (χ0) is 13.1. The summed E-state index contributed by atoms with van der Waals surface area (Å²) in [6.07, 6.45) is 3.56. The second-order valence-corrected chi connectivity index (χ2v) is 5.20. The van der Waals surface area contributed by atoms with Crippen molar-refractivity contribution in [2.75, 3.05) is 0 Å². The Labute approximate surface area is 116 Å². The first-order valence-corrected chi connectivity index (χ1v) is 6.56. The molecule has 0 saturated heterocycles. The van der Waals surface area contributed by atoms with Crippen molar-refractivity contribution < 1.29 is 0 Å². The van der Waals surface area contributed by atoms with Gasteiger partial charge in [-0.05, 0) is 25.5 Å². The van der Waals surface area contributed by atoms with E-state index in [2.05, 4.69) is 9.97 Å². The van der Waals surface area contributed by atoms with Crippen molar-refractivity contribution in [1.82, 2.24) is 9.97 Å². The number of aromatic amines is 1. The van der Waals surface area contributed by atoms with Gasteiger partial charge in [0.15, 0.2) is 0 Å². The highest BCUT2D eigenvalue weighted by molar-refractivity contribution is 6.42. The molecule has 0 fully saturated rings. The predicted molar refractivity (Wildman–Crippen MR) is 76.0 cm³/mol. The molecule has 1 aromatic carbocycles. The summed E-state index contributed by atoms with van der Waals surface area (Å²) in [5.74, 6) is 0.938. The largest absolute Gasteiger partial charge is 0.342 e. The van der Waals surface area contributed by atoms with Gasteiger partial charge < -0.3 is 10.7 Å². The standard InChI is InChI=1S/C13H15Cl2N3/c1-8(16)2-5-13-17-7-12(18-13)9-3-4-10(14)11(15)6-9/h3-4,6-8H,2,5,16H2,1H3,(H,17,18). The molecule has 1 unspecified atom stereocenters. The van der Waals surface area contributed by atoms with E-state index in [0.717, 1.165) is 29.9 Å². The lowest BCUT2D eigenvalue weighted by Gasteiger charge is -2.02. The number of hydrogen-bond acceptors (Lipinski definition) is 2. The molecule has 18 heavy (non-hydrogen) atoms. The van der Waals surface area contributed by atoms with E-state index in [4.69, 9.17) is 28.9 Å². The van der Waals surface area contributed by atoms with Crippen molar-refractivity contribution in [1.29, 1.82) is 0 Å². The topological polar surface area (TPSA) is 54.7 Å². The normalized spacial score (nSPS) is 12.7. The summed E-state index contributed by atoms with van der Waals surface area (Å²) in [6.45, 7) is 1.99. The van der Waals surface area contributed by atoms with Crippen molar-refractivity contribution in [2.45, 2.75) is 25.8 Å². The maximum Gasteiger partial charge on any atom is 0.106 e. The molecule has 2 rings (SSSR count). The third-order valence-electron chi connectivity index (χ3n) is 2.70. The molecule has 1 heterocycles. The van der Waals surface area contributed by atoms with E-state index in [1.54, 1.807) is 12.3 Å². The third kappa shape index (κ3) is 3.25. The zero-order valence-corrected chi connectivity index (χ0v) is 11.6. The van der Waals surface area contributed by atoms with Crippen LogP contribution in [0.25, 0.3) is 11.3 Å². The highest BCUT2D eigenvalue weighted by atomic mass is 35.5. The van der Waals surface area contributed by atoms with Crippen LogP contribution < -0.4 is 5.73 Å². The van der Waals surface area contributed by atoms with Gasteiger partial charge in [-0.1, -0.05) is 29.3 Å². The minimum atomic E-state index is 0.184. The van der Waals surface area contributed by atoms with Crippen molar-refractivity contribution in [3.63, 3.8) is 0 Å². The second-order valence-electron chi connectivity index (χ2n) is 4.39. The van der Waals surface area contributed by atoms with Crippen molar-refractivity contribution >= 4 is 23.2 Å². The summed E-state index contributed by atoms with van der Waals surface area (Å²) in [5, 5.41) is 1.10. The van der Waals surface area contributed by atoms with E-state index in [-0.39, 0.29) is 6.04 Å². The highest BCUT2D eigenvalue weighted by Gasteiger charge is 2.06. The molecule has 2 aromatic rings. The molecule has 0 bridgehead atoms. The molecule has 0 aliphatic heterocycles. The Morgan fingerprint density at radius 2 is 2.11 bits per heavy atom. The van der Waals surface area contributed by atoms with Gasteiger partial charge in [-0.2, -0.15) is 0 Å². The van der Waals surface area contributed by atoms with Crippen molar-refractivity contribution in [3.05, 3.63) is 40.3 Å². The molecule has 0 aliphatic carbocycles. The first-order valence-electron chi connectivity index (χ1n) is 5.81. The van der Waals surface area contributed by atoms with Crippen LogP contribution in [0.2, 0.25) is 10.0 Å². The smallest absolute Gasteiger partial charge is 0.106 e. The lowest BCUT2D eigenvalue weighted by Crippen LogP contribution is -2.15. The number of aryl methyl sites for hydroxylation is 1. The Kier molecular flexibility index (Phi) is 4.27. The van der Waals surface area contributed by atoms with Gasteiger partial charge in [-0.15, -0.1) is 0 Å². The number of H-pyrrole nitrogens is 1. The summed E-state index contributed by atoms with van der Waals surface area (Å²) in [4.78, 5) is 7.59. The Bertz CT molecular complexity index is 535. The number of imidazole rings is 1. The van der Waals surface area contributed by atoms with Crippen LogP contribution in [0.15, 0.2) is 24.4 Å². The third-order valence-corrected chi connectivity index (χ3v) is 3.43. The lowest BCUT2D eigenvalue weighted by atomic mass is 10.2. The van der Waals surface area contributed by atoms with Gasteiger partial charge in [0.05, 0.1) is 21.9 Å². The van der Waals surface area contributed by atoms with Crippen LogP contribution in [0.4, 0.5) is 0 Å². The predicted octanol–water partition coefficient (Wildman–Crippen LogP) is 3.66. The molecule has 1 atom stereocenters. The van der Waals surface area contributed by atoms with Crippen molar-refractivity contribution in [3.8, 4) is 11.3 Å². The molecular formula is C13H15Cl2N3. The minimum absolute atomic E-state index is 0.184. The van der Waals surface area contributed by atoms with E-state index in [1.807, 2.05) is 19.1 Å². The summed E-state index contributed by atoms with van der Waals surface area (Å²) < 4.78 is 0. The fourth-order valence-electron chi connectivity index (χ4n) is 1.66. The molecule has 0 amide bonds. The van der Waals surface area contributed by atoms with Crippen molar-refractivity contribution in [2.24, 2.45) is 5.73 Å². The Balaban J connectivity index is 2.16. The molecule has 0 spiro atoms. The molecule has 3 N–H and O–H groups in total. The van der Waals surface area contributed by atoms with Crippen LogP contribution >= 0.6 is 23.2 Å². The van der Waals surface area contributed by atoms with Crippen LogP contribution in [0, 0.1) is 0 Å². The summed E-state index contributed by atoms with van der Waals surface area (Å²) in [6, 6.07) is 5.70. The van der Waals surface area contributed by atoms with E-state index in [1.165, 1.54) is 0 Å². The Morgan fingerprint density at radius 1 is 1.33 bits per heavy atom. The number of benzene rings is 1. The Morgan fingerprint density at radius 3 is 2.78 bits per heavy atom. The van der Waals surface area contributed by atoms with Gasteiger partial charge >= 0.3 is 0 Å². The number of nitrogens with one attached hydrogen (secondary N) is 1. The minimum Gasteiger partial charge on any atom is -0.342 e. The first-order chi connectivity index (χ1) is 8.56. The number of halogens is 2. The summed E-state index contributed by atoms with van der Waals surface area (Å²) in [7, 11) is 0. The maximum atomic E-state index is 5.99. The zero-order valence-electron chi connectivity index (χ0n) is 10.1. The van der Waals surface area contributed by atoms with Crippen LogP contribution in [-0.2, 0) is 6.42 Å². The van der Waals surface area contributed by atoms with Gasteiger partial charge in [0.1, 0.15) is 5.82 Å². The molecule has 96 valence electrons. The summed E-state index contributed by atoms with van der Waals surface area (Å²) >= 11 is 11.9. The Hall–Kier alpha value is -1.03. The van der Waals surface area contributed by atoms with Gasteiger partial charge in [-0.3, -0.25) is 0 Å². The van der Waals surface area contributed by atoms with Crippen LogP contribution in [0.3, 0.4) is 0 Å². The molecule has 0 saturated carbocycles. The van der Waals surface area contributed by atoms with Crippen LogP contribution in [0.1, 0.15) is 19.2 Å². The molecule has 5 heteroatoms. The number of nitrogens with two attached hydrogens (primary N) is 1. The van der Waals surface area contributed by atoms with Gasteiger partial charge in [0.2, 0.25) is 0 Å². The summed E-state index contributed by atoms with van der Waals surface area (Å²) in [5.41, 5.74) is 7.63. The van der Waals surface area contributed by atoms with Crippen LogP contribution in [0.5, 0.6) is 0 Å². The fraction of sp³-hybridized carbons (Fsp3) is 0.308. The molecule has 3 nitrogen and oxygen atoms in total. The SMILES string of the molecule is CC(N)CCc1ncc(-c2ccc(Cl)c(Cl)c2)[nH]1. The average molecular weight is 284 g/mol. The van der Waals surface area contributed by atoms with E-state index in [0.29, 0.717) is 10.0 Å². The number of aromatic nitrogens is 2. The number of nitrogens with zero attached hydrogens (tertiary/aromatic N) is 1. The monoisotopic (exact) mass is 283 g/mol. The van der Waals surface area contributed by atoms with Crippen LogP contribution in [-0.4, -0.2) is 16.0 Å². The molecular weight excluding hydrogens is 269 g/mol. The van der Waals surface area contributed by atoms with E-state index >= 15 is 0 Å². The second kappa shape index (κ2) is 5.74.